The average molecular weight is 414 g/mol. The average Bonchev–Trinajstić information content (AvgIpc) is 2.63. The van der Waals surface area contributed by atoms with Crippen molar-refractivity contribution in [3.63, 3.8) is 0 Å². The number of nitrogens with zero attached hydrogens (tertiary/aromatic N) is 1. The fraction of sp³-hybridized carbons (Fsp3) is 0.444. The van der Waals surface area contributed by atoms with Crippen LogP contribution < -0.4 is 15.4 Å². The van der Waals surface area contributed by atoms with Crippen molar-refractivity contribution in [1.82, 2.24) is 4.72 Å². The van der Waals surface area contributed by atoms with Gasteiger partial charge in [-0.2, -0.15) is 8.42 Å². The molecule has 0 bridgehead atoms. The molecule has 2 rings (SSSR count). The minimum absolute atomic E-state index is 0.0832. The predicted octanol–water partition coefficient (Wildman–Crippen LogP) is 2.03. The van der Waals surface area contributed by atoms with Crippen molar-refractivity contribution < 1.29 is 16.8 Å². The van der Waals surface area contributed by atoms with Crippen LogP contribution in [-0.4, -0.2) is 44.0 Å². The van der Waals surface area contributed by atoms with E-state index in [2.05, 4.69) is 4.72 Å². The Morgan fingerprint density at radius 1 is 0.889 bits per heavy atom. The Hall–Kier alpha value is -1.68. The van der Waals surface area contributed by atoms with Crippen molar-refractivity contribution in [2.24, 2.45) is 5.73 Å². The van der Waals surface area contributed by atoms with E-state index in [1.807, 2.05) is 25.1 Å². The monoisotopic (exact) mass is 413 g/mol. The number of nitrogens with one attached hydrogen (secondary N) is 1. The predicted molar refractivity (Wildman–Crippen MR) is 110 cm³/mol. The summed E-state index contributed by atoms with van der Waals surface area (Å²) < 4.78 is 52.8. The zero-order valence-corrected chi connectivity index (χ0v) is 17.3. The van der Waals surface area contributed by atoms with Crippen molar-refractivity contribution in [1.29, 1.82) is 0 Å². The normalized spacial score (nSPS) is 12.4. The van der Waals surface area contributed by atoms with Gasteiger partial charge in [0.15, 0.2) is 0 Å². The number of rotatable bonds is 10. The van der Waals surface area contributed by atoms with Gasteiger partial charge in [0.2, 0.25) is 0 Å². The smallest absolute Gasteiger partial charge is 0.321 e. The molecule has 0 aromatic heterocycles. The van der Waals surface area contributed by atoms with Crippen LogP contribution in [0.15, 0.2) is 41.3 Å². The molecule has 150 valence electrons. The van der Waals surface area contributed by atoms with Crippen LogP contribution in [-0.2, 0) is 17.9 Å². The molecule has 0 saturated carbocycles. The molecule has 0 spiro atoms. The number of fused-ring (bicyclic) bond motifs is 1. The highest BCUT2D eigenvalue weighted by molar-refractivity contribution is 8.66. The van der Waals surface area contributed by atoms with Gasteiger partial charge in [0, 0.05) is 37.1 Å². The molecule has 2 aromatic rings. The number of hydrogen-bond acceptors (Lipinski definition) is 6. The minimum atomic E-state index is -4.58. The van der Waals surface area contributed by atoms with Gasteiger partial charge in [-0.3, -0.25) is 0 Å². The summed E-state index contributed by atoms with van der Waals surface area (Å²) in [5.74, 6) is 0. The zero-order chi connectivity index (χ0) is 20.1. The second-order valence-corrected chi connectivity index (χ2v) is 11.7. The molecule has 0 saturated heterocycles. The van der Waals surface area contributed by atoms with E-state index in [-0.39, 0.29) is 11.4 Å². The lowest BCUT2D eigenvalue weighted by Crippen LogP contribution is -2.32. The van der Waals surface area contributed by atoms with Crippen LogP contribution in [0.2, 0.25) is 0 Å². The van der Waals surface area contributed by atoms with Crippen molar-refractivity contribution in [2.75, 3.05) is 32.1 Å². The summed E-state index contributed by atoms with van der Waals surface area (Å²) in [6, 6.07) is 9.86. The third kappa shape index (κ3) is 4.78. The first-order valence-electron chi connectivity index (χ1n) is 8.86. The molecule has 7 nitrogen and oxygen atoms in total. The molecular weight excluding hydrogens is 386 g/mol. The van der Waals surface area contributed by atoms with Gasteiger partial charge in [0.25, 0.3) is 8.87 Å². The van der Waals surface area contributed by atoms with Crippen LogP contribution >= 0.6 is 0 Å². The summed E-state index contributed by atoms with van der Waals surface area (Å²) in [6.07, 6.45) is 3.12. The second kappa shape index (κ2) is 9.01. The molecular formula is C18H27N3O4S2. The molecule has 0 aliphatic heterocycles. The molecule has 0 amide bonds. The zero-order valence-electron chi connectivity index (χ0n) is 15.7. The van der Waals surface area contributed by atoms with Crippen LogP contribution in [0.1, 0.15) is 25.7 Å². The van der Waals surface area contributed by atoms with Crippen LogP contribution in [0.3, 0.4) is 0 Å². The highest BCUT2D eigenvalue weighted by Crippen LogP contribution is 2.31. The number of nitrogens with two attached hydrogens (primary N) is 1. The maximum atomic E-state index is 12.8. The molecule has 9 heteroatoms. The summed E-state index contributed by atoms with van der Waals surface area (Å²) in [5.41, 5.74) is 6.23. The Morgan fingerprint density at radius 2 is 1.52 bits per heavy atom. The summed E-state index contributed by atoms with van der Waals surface area (Å²) in [4.78, 5) is 1.65. The molecule has 27 heavy (non-hydrogen) atoms. The van der Waals surface area contributed by atoms with Crippen molar-refractivity contribution in [3.05, 3.63) is 36.4 Å². The standard InChI is InChI=1S/C18H27N3O4S2/c1-21(2)17-11-7-10-16-15(17)9-8-12-18(16)26(22,23)27(24,25)20-14-6-4-3-5-13-19/h7-12,20H,3-6,13-14,19H2,1-2H3. The lowest BCUT2D eigenvalue weighted by atomic mass is 10.1. The van der Waals surface area contributed by atoms with Crippen molar-refractivity contribution in [2.45, 2.75) is 30.6 Å². The largest absolute Gasteiger partial charge is 0.377 e. The Morgan fingerprint density at radius 3 is 2.19 bits per heavy atom. The molecule has 0 radical (unpaired) electrons. The lowest BCUT2D eigenvalue weighted by Gasteiger charge is -2.17. The van der Waals surface area contributed by atoms with E-state index in [0.29, 0.717) is 23.7 Å². The fourth-order valence-electron chi connectivity index (χ4n) is 2.89. The Bertz CT molecular complexity index is 987. The number of unbranched alkanes of at least 4 members (excludes halogenated alkanes) is 3. The maximum absolute atomic E-state index is 12.8. The molecule has 0 atom stereocenters. The van der Waals surface area contributed by atoms with Crippen LogP contribution in [0.5, 0.6) is 0 Å². The maximum Gasteiger partial charge on any atom is 0.321 e. The summed E-state index contributed by atoms with van der Waals surface area (Å²) in [7, 11) is -5.44. The second-order valence-electron chi connectivity index (χ2n) is 6.53. The van der Waals surface area contributed by atoms with E-state index in [0.717, 1.165) is 24.9 Å². The quantitative estimate of drug-likeness (QED) is 0.456. The highest BCUT2D eigenvalue weighted by Gasteiger charge is 2.33. The van der Waals surface area contributed by atoms with Gasteiger partial charge in [-0.1, -0.05) is 37.1 Å². The molecule has 0 aliphatic carbocycles. The van der Waals surface area contributed by atoms with E-state index >= 15 is 0 Å². The third-order valence-electron chi connectivity index (χ3n) is 4.31. The SMILES string of the molecule is CN(C)c1cccc2c(S(=O)(=O)S(=O)(=O)NCCCCCCN)cccc12. The molecule has 0 unspecified atom stereocenters. The summed E-state index contributed by atoms with van der Waals surface area (Å²) >= 11 is 0. The van der Waals surface area contributed by atoms with Gasteiger partial charge >= 0.3 is 9.06 Å². The Balaban J connectivity index is 2.32. The first-order valence-corrected chi connectivity index (χ1v) is 12.3. The van der Waals surface area contributed by atoms with E-state index in [1.54, 1.807) is 24.3 Å². The number of anilines is 1. The Labute approximate surface area is 160 Å². The molecule has 0 aliphatic rings. The van der Waals surface area contributed by atoms with E-state index in [4.69, 9.17) is 5.73 Å². The minimum Gasteiger partial charge on any atom is -0.377 e. The molecule has 2 aromatic carbocycles. The van der Waals surface area contributed by atoms with Gasteiger partial charge in [0.1, 0.15) is 0 Å². The number of hydrogen-bond donors (Lipinski definition) is 2. The first kappa shape index (κ1) is 21.6. The molecule has 0 heterocycles. The molecule has 3 N–H and O–H groups in total. The lowest BCUT2D eigenvalue weighted by molar-refractivity contribution is 0.568. The van der Waals surface area contributed by atoms with Crippen LogP contribution in [0, 0.1) is 0 Å². The third-order valence-corrected chi connectivity index (χ3v) is 8.96. The van der Waals surface area contributed by atoms with Crippen molar-refractivity contribution in [3.8, 4) is 0 Å². The van der Waals surface area contributed by atoms with E-state index < -0.39 is 17.9 Å². The van der Waals surface area contributed by atoms with Gasteiger partial charge < -0.3 is 10.6 Å². The van der Waals surface area contributed by atoms with E-state index in [9.17, 15) is 16.8 Å². The topological polar surface area (TPSA) is 110 Å². The van der Waals surface area contributed by atoms with Gasteiger partial charge in [-0.15, -0.1) is 0 Å². The van der Waals surface area contributed by atoms with E-state index in [1.165, 1.54) is 6.07 Å². The molecule has 0 fully saturated rings. The highest BCUT2D eigenvalue weighted by atomic mass is 33.2. The fourth-order valence-corrected chi connectivity index (χ4v) is 6.23. The summed E-state index contributed by atoms with van der Waals surface area (Å²) in [6.45, 7) is 0.677. The number of benzene rings is 2. The van der Waals surface area contributed by atoms with Crippen molar-refractivity contribution >= 4 is 34.4 Å². The van der Waals surface area contributed by atoms with Crippen LogP contribution in [0.25, 0.3) is 10.8 Å². The summed E-state index contributed by atoms with van der Waals surface area (Å²) in [5, 5.41) is 1.07. The Kier molecular flexibility index (Phi) is 7.21. The van der Waals surface area contributed by atoms with Crippen LogP contribution in [0.4, 0.5) is 5.69 Å². The van der Waals surface area contributed by atoms with Gasteiger partial charge in [-0.05, 0) is 31.5 Å². The van der Waals surface area contributed by atoms with Gasteiger partial charge in [-0.25, -0.2) is 13.1 Å². The first-order chi connectivity index (χ1) is 12.7. The van der Waals surface area contributed by atoms with Gasteiger partial charge in [0.05, 0.1) is 4.90 Å².